The highest BCUT2D eigenvalue weighted by Crippen LogP contribution is 2.11. The summed E-state index contributed by atoms with van der Waals surface area (Å²) >= 11 is 5.89. The monoisotopic (exact) mass is 453 g/mol. The second kappa shape index (κ2) is 11.5. The number of carbonyl (C=O) groups is 1. The average molecular weight is 454 g/mol. The third kappa shape index (κ3) is 7.87. The highest BCUT2D eigenvalue weighted by molar-refractivity contribution is 14.0. The number of hydrogen-bond donors (Lipinski definition) is 1. The lowest BCUT2D eigenvalue weighted by Crippen LogP contribution is -2.39. The van der Waals surface area contributed by atoms with Gasteiger partial charge in [0.1, 0.15) is 0 Å². The molecule has 0 saturated heterocycles. The Balaban J connectivity index is 0.00000484. The minimum Gasteiger partial charge on any atom is -0.469 e. The molecule has 5 nitrogen and oxygen atoms in total. The second-order valence-corrected chi connectivity index (χ2v) is 5.54. The zero-order valence-electron chi connectivity index (χ0n) is 14.0. The van der Waals surface area contributed by atoms with Gasteiger partial charge in [-0.15, -0.1) is 24.0 Å². The van der Waals surface area contributed by atoms with Crippen LogP contribution in [0.15, 0.2) is 29.3 Å². The Morgan fingerprint density at radius 1 is 1.39 bits per heavy atom. The van der Waals surface area contributed by atoms with Gasteiger partial charge in [-0.2, -0.15) is 0 Å². The molecule has 0 saturated carbocycles. The smallest absolute Gasteiger partial charge is 0.310 e. The summed E-state index contributed by atoms with van der Waals surface area (Å²) in [6.07, 6.45) is 0. The van der Waals surface area contributed by atoms with Gasteiger partial charge in [0.2, 0.25) is 0 Å². The van der Waals surface area contributed by atoms with Crippen molar-refractivity contribution in [1.29, 1.82) is 0 Å². The maximum atomic E-state index is 11.4. The molecule has 0 fully saturated rings. The van der Waals surface area contributed by atoms with Crippen molar-refractivity contribution in [3.8, 4) is 0 Å². The molecule has 1 atom stereocenters. The molecule has 1 aromatic rings. The molecule has 7 heteroatoms. The predicted octanol–water partition coefficient (Wildman–Crippen LogP) is 3.16. The van der Waals surface area contributed by atoms with Crippen LogP contribution < -0.4 is 5.32 Å². The summed E-state index contributed by atoms with van der Waals surface area (Å²) in [5, 5.41) is 3.95. The summed E-state index contributed by atoms with van der Waals surface area (Å²) < 4.78 is 4.72. The van der Waals surface area contributed by atoms with E-state index in [1.807, 2.05) is 43.1 Å². The maximum Gasteiger partial charge on any atom is 0.310 e. The molecule has 0 radical (unpaired) electrons. The molecule has 1 aromatic carbocycles. The Kier molecular flexibility index (Phi) is 11.0. The van der Waals surface area contributed by atoms with Crippen molar-refractivity contribution in [2.45, 2.75) is 20.4 Å². The first-order valence-corrected chi connectivity index (χ1v) is 7.67. The minimum atomic E-state index is -0.261. The topological polar surface area (TPSA) is 53.9 Å². The SMILES string of the molecule is CCNC(=NCC(C)C(=O)OC)N(C)Cc1ccc(Cl)cc1.I. The van der Waals surface area contributed by atoms with Crippen molar-refractivity contribution in [1.82, 2.24) is 10.2 Å². The molecule has 1 rings (SSSR count). The number of ether oxygens (including phenoxy) is 1. The quantitative estimate of drug-likeness (QED) is 0.311. The van der Waals surface area contributed by atoms with Gasteiger partial charge in [-0.05, 0) is 24.6 Å². The Labute approximate surface area is 160 Å². The van der Waals surface area contributed by atoms with Crippen molar-refractivity contribution < 1.29 is 9.53 Å². The third-order valence-corrected chi connectivity index (χ3v) is 3.40. The van der Waals surface area contributed by atoms with Crippen LogP contribution in [0.1, 0.15) is 19.4 Å². The number of halogens is 2. The molecular formula is C16H25ClIN3O2. The number of esters is 1. The van der Waals surface area contributed by atoms with E-state index in [9.17, 15) is 4.79 Å². The van der Waals surface area contributed by atoms with Crippen LogP contribution in [0.2, 0.25) is 5.02 Å². The number of carbonyl (C=O) groups excluding carboxylic acids is 1. The average Bonchev–Trinajstić information content (AvgIpc) is 2.52. The van der Waals surface area contributed by atoms with Gasteiger partial charge in [-0.3, -0.25) is 9.79 Å². The fraction of sp³-hybridized carbons (Fsp3) is 0.500. The fourth-order valence-electron chi connectivity index (χ4n) is 1.91. The van der Waals surface area contributed by atoms with Crippen molar-refractivity contribution in [2.75, 3.05) is 27.2 Å². The van der Waals surface area contributed by atoms with Crippen LogP contribution >= 0.6 is 35.6 Å². The first-order chi connectivity index (χ1) is 10.5. The molecule has 1 N–H and O–H groups in total. The molecule has 0 heterocycles. The predicted molar refractivity (Wildman–Crippen MR) is 105 cm³/mol. The van der Waals surface area contributed by atoms with Gasteiger partial charge in [0.25, 0.3) is 0 Å². The first kappa shape index (κ1) is 22.0. The summed E-state index contributed by atoms with van der Waals surface area (Å²) in [6.45, 7) is 5.67. The normalized spacial score (nSPS) is 12.1. The van der Waals surface area contributed by atoms with Gasteiger partial charge in [0, 0.05) is 25.2 Å². The highest BCUT2D eigenvalue weighted by Gasteiger charge is 2.13. The van der Waals surface area contributed by atoms with Gasteiger partial charge < -0.3 is 15.0 Å². The number of benzene rings is 1. The number of methoxy groups -OCH3 is 1. The summed E-state index contributed by atoms with van der Waals surface area (Å²) in [7, 11) is 3.35. The van der Waals surface area contributed by atoms with E-state index in [1.54, 1.807) is 6.92 Å². The standard InChI is InChI=1S/C16H24ClN3O2.HI/c1-5-18-16(19-10-12(2)15(21)22-4)20(3)11-13-6-8-14(17)9-7-13;/h6-9,12H,5,10-11H2,1-4H3,(H,18,19);1H. The third-order valence-electron chi connectivity index (χ3n) is 3.15. The summed E-state index contributed by atoms with van der Waals surface area (Å²) in [4.78, 5) is 17.9. The number of aliphatic imine (C=N–C) groups is 1. The molecule has 0 aliphatic carbocycles. The van der Waals surface area contributed by atoms with Gasteiger partial charge in [-0.25, -0.2) is 0 Å². The lowest BCUT2D eigenvalue weighted by atomic mass is 10.2. The summed E-state index contributed by atoms with van der Waals surface area (Å²) in [5.41, 5.74) is 1.14. The van der Waals surface area contributed by atoms with Crippen molar-refractivity contribution >= 4 is 47.5 Å². The van der Waals surface area contributed by atoms with Crippen molar-refractivity contribution in [2.24, 2.45) is 10.9 Å². The molecule has 0 amide bonds. The molecule has 0 aliphatic heterocycles. The van der Waals surface area contributed by atoms with E-state index in [-0.39, 0.29) is 35.9 Å². The molecule has 0 aromatic heterocycles. The van der Waals surface area contributed by atoms with E-state index in [0.717, 1.165) is 23.1 Å². The lowest BCUT2D eigenvalue weighted by Gasteiger charge is -2.22. The van der Waals surface area contributed by atoms with Crippen molar-refractivity contribution in [3.63, 3.8) is 0 Å². The highest BCUT2D eigenvalue weighted by atomic mass is 127. The van der Waals surface area contributed by atoms with Crippen LogP contribution in [-0.4, -0.2) is 44.1 Å². The summed E-state index contributed by atoms with van der Waals surface area (Å²) in [5.74, 6) is 0.246. The second-order valence-electron chi connectivity index (χ2n) is 5.10. The number of nitrogens with one attached hydrogen (secondary N) is 1. The Morgan fingerprint density at radius 3 is 2.52 bits per heavy atom. The van der Waals surface area contributed by atoms with Crippen LogP contribution in [-0.2, 0) is 16.1 Å². The molecule has 23 heavy (non-hydrogen) atoms. The zero-order valence-corrected chi connectivity index (χ0v) is 17.1. The molecule has 0 bridgehead atoms. The molecule has 1 unspecified atom stereocenters. The van der Waals surface area contributed by atoms with Gasteiger partial charge in [-0.1, -0.05) is 30.7 Å². The number of hydrogen-bond acceptors (Lipinski definition) is 3. The van der Waals surface area contributed by atoms with Crippen LogP contribution in [0.5, 0.6) is 0 Å². The van der Waals surface area contributed by atoms with Crippen molar-refractivity contribution in [3.05, 3.63) is 34.9 Å². The van der Waals surface area contributed by atoms with Crippen LogP contribution in [0.25, 0.3) is 0 Å². The van der Waals surface area contributed by atoms with E-state index in [1.165, 1.54) is 7.11 Å². The minimum absolute atomic E-state index is 0. The molecular weight excluding hydrogens is 429 g/mol. The number of rotatable bonds is 6. The molecule has 0 spiro atoms. The zero-order chi connectivity index (χ0) is 16.5. The number of nitrogens with zero attached hydrogens (tertiary/aromatic N) is 2. The summed E-state index contributed by atoms with van der Waals surface area (Å²) in [6, 6.07) is 7.71. The van der Waals surface area contributed by atoms with E-state index >= 15 is 0 Å². The van der Waals surface area contributed by atoms with Crippen LogP contribution in [0.3, 0.4) is 0 Å². The van der Waals surface area contributed by atoms with E-state index in [4.69, 9.17) is 16.3 Å². The van der Waals surface area contributed by atoms with Gasteiger partial charge in [0.05, 0.1) is 19.6 Å². The molecule has 0 aliphatic rings. The Bertz CT molecular complexity index is 509. The van der Waals surface area contributed by atoms with Gasteiger partial charge in [0.15, 0.2) is 5.96 Å². The number of guanidine groups is 1. The Morgan fingerprint density at radius 2 is 2.00 bits per heavy atom. The fourth-order valence-corrected chi connectivity index (χ4v) is 2.03. The van der Waals surface area contributed by atoms with E-state index in [2.05, 4.69) is 10.3 Å². The van der Waals surface area contributed by atoms with Crippen LogP contribution in [0.4, 0.5) is 0 Å². The molecule has 130 valence electrons. The maximum absolute atomic E-state index is 11.4. The van der Waals surface area contributed by atoms with Gasteiger partial charge >= 0.3 is 5.97 Å². The van der Waals surface area contributed by atoms with Crippen LogP contribution in [0, 0.1) is 5.92 Å². The Hall–Kier alpha value is -1.02. The first-order valence-electron chi connectivity index (χ1n) is 7.29. The largest absolute Gasteiger partial charge is 0.469 e. The lowest BCUT2D eigenvalue weighted by molar-refractivity contribution is -0.144. The van der Waals surface area contributed by atoms with E-state index in [0.29, 0.717) is 13.1 Å². The van der Waals surface area contributed by atoms with E-state index < -0.39 is 0 Å².